The minimum atomic E-state index is -0.356. The monoisotopic (exact) mass is 271 g/mol. The lowest BCUT2D eigenvalue weighted by atomic mass is 10.3. The largest absolute Gasteiger partial charge is 0.388 e. The average Bonchev–Trinajstić information content (AvgIpc) is 2.69. The molecule has 1 aromatic carbocycles. The molecule has 2 rings (SSSR count). The first-order valence-corrected chi connectivity index (χ1v) is 4.97. The van der Waals surface area contributed by atoms with Gasteiger partial charge in [-0.05, 0) is 34.1 Å². The Morgan fingerprint density at radius 1 is 1.47 bits per heavy atom. The Labute approximate surface area is 93.5 Å². The lowest BCUT2D eigenvalue weighted by molar-refractivity contribution is 0.269. The van der Waals surface area contributed by atoms with Gasteiger partial charge in [-0.1, -0.05) is 0 Å². The van der Waals surface area contributed by atoms with Gasteiger partial charge in [-0.25, -0.2) is 4.39 Å². The molecule has 2 aromatic rings. The van der Waals surface area contributed by atoms with Crippen LogP contribution in [-0.4, -0.2) is 19.9 Å². The molecule has 0 radical (unpaired) electrons. The van der Waals surface area contributed by atoms with Crippen LogP contribution in [0.25, 0.3) is 5.69 Å². The van der Waals surface area contributed by atoms with Crippen molar-refractivity contribution in [1.29, 1.82) is 0 Å². The zero-order valence-corrected chi connectivity index (χ0v) is 9.15. The minimum absolute atomic E-state index is 0.247. The maximum Gasteiger partial charge on any atom is 0.163 e. The van der Waals surface area contributed by atoms with Crippen molar-refractivity contribution in [1.82, 2.24) is 14.8 Å². The lowest BCUT2D eigenvalue weighted by Crippen LogP contribution is -2.01. The third-order valence-electron chi connectivity index (χ3n) is 1.93. The topological polar surface area (TPSA) is 50.9 Å². The Bertz CT molecular complexity index is 486. The highest BCUT2D eigenvalue weighted by Crippen LogP contribution is 2.22. The molecule has 1 heterocycles. The van der Waals surface area contributed by atoms with Crippen molar-refractivity contribution in [3.8, 4) is 5.69 Å². The average molecular weight is 272 g/mol. The summed E-state index contributed by atoms with van der Waals surface area (Å²) < 4.78 is 15.3. The standard InChI is InChI=1S/C9H7BrFN3O/c10-7-2-1-6(11)3-8(7)14-5-12-13-9(14)4-15/h1-3,5,15H,4H2. The summed E-state index contributed by atoms with van der Waals surface area (Å²) in [6.07, 6.45) is 1.42. The molecule has 0 saturated heterocycles. The van der Waals surface area contributed by atoms with Gasteiger partial charge in [0.05, 0.1) is 5.69 Å². The number of aliphatic hydroxyl groups excluding tert-OH is 1. The van der Waals surface area contributed by atoms with Gasteiger partial charge in [0.15, 0.2) is 5.82 Å². The molecule has 1 N–H and O–H groups in total. The summed E-state index contributed by atoms with van der Waals surface area (Å²) in [5, 5.41) is 16.3. The summed E-state index contributed by atoms with van der Waals surface area (Å²) in [6.45, 7) is -0.247. The zero-order valence-electron chi connectivity index (χ0n) is 7.56. The zero-order chi connectivity index (χ0) is 10.8. The van der Waals surface area contributed by atoms with Gasteiger partial charge in [-0.15, -0.1) is 10.2 Å². The molecule has 4 nitrogen and oxygen atoms in total. The van der Waals surface area contributed by atoms with E-state index in [9.17, 15) is 4.39 Å². The second kappa shape index (κ2) is 4.08. The normalized spacial score (nSPS) is 10.6. The van der Waals surface area contributed by atoms with Crippen LogP contribution >= 0.6 is 15.9 Å². The van der Waals surface area contributed by atoms with Crippen LogP contribution in [-0.2, 0) is 6.61 Å². The number of benzene rings is 1. The van der Waals surface area contributed by atoms with Crippen molar-refractivity contribution < 1.29 is 9.50 Å². The van der Waals surface area contributed by atoms with Gasteiger partial charge < -0.3 is 5.11 Å². The SMILES string of the molecule is OCc1nncn1-c1cc(F)ccc1Br. The number of rotatable bonds is 2. The van der Waals surface area contributed by atoms with E-state index in [2.05, 4.69) is 26.1 Å². The fourth-order valence-electron chi connectivity index (χ4n) is 1.24. The third-order valence-corrected chi connectivity index (χ3v) is 2.60. The predicted molar refractivity (Wildman–Crippen MR) is 54.9 cm³/mol. The van der Waals surface area contributed by atoms with Crippen LogP contribution in [0.3, 0.4) is 0 Å². The Kier molecular flexibility index (Phi) is 2.79. The molecular formula is C9H7BrFN3O. The number of halogens is 2. The van der Waals surface area contributed by atoms with E-state index in [0.29, 0.717) is 16.0 Å². The van der Waals surface area contributed by atoms with Gasteiger partial charge in [0, 0.05) is 4.47 Å². The fraction of sp³-hybridized carbons (Fsp3) is 0.111. The van der Waals surface area contributed by atoms with E-state index in [1.165, 1.54) is 23.0 Å². The van der Waals surface area contributed by atoms with Crippen molar-refractivity contribution in [3.05, 3.63) is 40.6 Å². The summed E-state index contributed by atoms with van der Waals surface area (Å²) in [4.78, 5) is 0. The molecule has 15 heavy (non-hydrogen) atoms. The molecular weight excluding hydrogens is 265 g/mol. The molecule has 1 aromatic heterocycles. The summed E-state index contributed by atoms with van der Waals surface area (Å²) in [6, 6.07) is 4.27. The summed E-state index contributed by atoms with van der Waals surface area (Å²) in [5.41, 5.74) is 0.559. The summed E-state index contributed by atoms with van der Waals surface area (Å²) in [5.74, 6) is 0.00656. The van der Waals surface area contributed by atoms with Crippen LogP contribution in [0.2, 0.25) is 0 Å². The molecule has 0 atom stereocenters. The van der Waals surface area contributed by atoms with E-state index in [0.717, 1.165) is 0 Å². The first kappa shape index (κ1) is 10.3. The molecule has 0 fully saturated rings. The molecule has 6 heteroatoms. The van der Waals surface area contributed by atoms with Gasteiger partial charge >= 0.3 is 0 Å². The highest BCUT2D eigenvalue weighted by molar-refractivity contribution is 9.10. The van der Waals surface area contributed by atoms with Gasteiger partial charge in [-0.2, -0.15) is 0 Å². The summed E-state index contributed by atoms with van der Waals surface area (Å²) >= 11 is 3.29. The Balaban J connectivity index is 2.58. The summed E-state index contributed by atoms with van der Waals surface area (Å²) in [7, 11) is 0. The van der Waals surface area contributed by atoms with Gasteiger partial charge in [0.1, 0.15) is 18.8 Å². The number of nitrogens with zero attached hydrogens (tertiary/aromatic N) is 3. The van der Waals surface area contributed by atoms with Crippen LogP contribution in [0.15, 0.2) is 29.0 Å². The van der Waals surface area contributed by atoms with E-state index in [-0.39, 0.29) is 12.4 Å². The van der Waals surface area contributed by atoms with E-state index in [1.54, 1.807) is 6.07 Å². The maximum absolute atomic E-state index is 13.0. The Morgan fingerprint density at radius 2 is 2.27 bits per heavy atom. The second-order valence-electron chi connectivity index (χ2n) is 2.87. The van der Waals surface area contributed by atoms with Crippen molar-refractivity contribution >= 4 is 15.9 Å². The fourth-order valence-corrected chi connectivity index (χ4v) is 1.68. The van der Waals surface area contributed by atoms with Crippen molar-refractivity contribution in [2.75, 3.05) is 0 Å². The quantitative estimate of drug-likeness (QED) is 0.904. The predicted octanol–water partition coefficient (Wildman–Crippen LogP) is 1.66. The highest BCUT2D eigenvalue weighted by atomic mass is 79.9. The van der Waals surface area contributed by atoms with Crippen LogP contribution in [0.4, 0.5) is 4.39 Å². The van der Waals surface area contributed by atoms with Crippen molar-refractivity contribution in [2.24, 2.45) is 0 Å². The number of hydrogen-bond donors (Lipinski definition) is 1. The molecule has 0 amide bonds. The smallest absolute Gasteiger partial charge is 0.163 e. The van der Waals surface area contributed by atoms with E-state index in [4.69, 9.17) is 5.11 Å². The highest BCUT2D eigenvalue weighted by Gasteiger charge is 2.09. The molecule has 0 bridgehead atoms. The minimum Gasteiger partial charge on any atom is -0.388 e. The molecule has 0 unspecified atom stereocenters. The number of aliphatic hydroxyl groups is 1. The Morgan fingerprint density at radius 3 is 3.00 bits per heavy atom. The van der Waals surface area contributed by atoms with Crippen LogP contribution in [0.1, 0.15) is 5.82 Å². The van der Waals surface area contributed by atoms with Gasteiger partial charge in [0.2, 0.25) is 0 Å². The molecule has 0 saturated carbocycles. The second-order valence-corrected chi connectivity index (χ2v) is 3.73. The maximum atomic E-state index is 13.0. The first-order chi connectivity index (χ1) is 7.22. The molecule has 0 aliphatic rings. The number of aromatic nitrogens is 3. The van der Waals surface area contributed by atoms with Crippen LogP contribution < -0.4 is 0 Å². The molecule has 0 aliphatic carbocycles. The van der Waals surface area contributed by atoms with Crippen LogP contribution in [0.5, 0.6) is 0 Å². The molecule has 0 spiro atoms. The van der Waals surface area contributed by atoms with Gasteiger partial charge in [0.25, 0.3) is 0 Å². The Hall–Kier alpha value is -1.27. The lowest BCUT2D eigenvalue weighted by Gasteiger charge is -2.06. The van der Waals surface area contributed by atoms with E-state index < -0.39 is 0 Å². The molecule has 0 aliphatic heterocycles. The van der Waals surface area contributed by atoms with Gasteiger partial charge in [-0.3, -0.25) is 4.57 Å². The van der Waals surface area contributed by atoms with Crippen molar-refractivity contribution in [2.45, 2.75) is 6.61 Å². The third kappa shape index (κ3) is 1.91. The van der Waals surface area contributed by atoms with E-state index in [1.807, 2.05) is 0 Å². The van der Waals surface area contributed by atoms with Crippen LogP contribution in [0, 0.1) is 5.82 Å². The van der Waals surface area contributed by atoms with E-state index >= 15 is 0 Å². The molecule has 78 valence electrons. The van der Waals surface area contributed by atoms with Crippen molar-refractivity contribution in [3.63, 3.8) is 0 Å². The first-order valence-electron chi connectivity index (χ1n) is 4.17. The number of hydrogen-bond acceptors (Lipinski definition) is 3.